The minimum absolute atomic E-state index is 0.0398. The Morgan fingerprint density at radius 1 is 0.833 bits per heavy atom. The smallest absolute Gasteiger partial charge is 0.165 e. The molecule has 0 bridgehead atoms. The second-order valence-electron chi connectivity index (χ2n) is 7.19. The van der Waals surface area contributed by atoms with E-state index in [-0.39, 0.29) is 10.5 Å². The van der Waals surface area contributed by atoms with E-state index >= 15 is 0 Å². The molecule has 3 aromatic rings. The fourth-order valence-corrected chi connectivity index (χ4v) is 5.90. The number of thioether (sulfide) groups is 1. The first-order valence-corrected chi connectivity index (χ1v) is 11.2. The predicted octanol–water partition coefficient (Wildman–Crippen LogP) is 6.94. The molecule has 2 atom stereocenters. The summed E-state index contributed by atoms with van der Waals surface area (Å²) in [6.45, 7) is 0.699. The fraction of sp³-hybridized carbons (Fsp3) is 0.280. The van der Waals surface area contributed by atoms with Crippen molar-refractivity contribution in [3.05, 3.63) is 82.4 Å². The van der Waals surface area contributed by atoms with Crippen LogP contribution in [0.2, 0.25) is 5.02 Å². The molecule has 0 spiro atoms. The van der Waals surface area contributed by atoms with E-state index in [0.29, 0.717) is 6.61 Å². The number of fused-ring (bicyclic) bond motifs is 3. The standard InChI is InChI=1S/C25H25ClO3S/c1-27-14-13-23-19-8-5-4-7-17(19)18-12-11-16(26)15-21(18)25(30-23)20-9-6-10-22(28-2)24(20)29-3/h4-12,15,23,25H,13-14H2,1-3H3/t23-,25-/m1/s1. The van der Waals surface area contributed by atoms with Crippen molar-refractivity contribution >= 4 is 23.4 Å². The summed E-state index contributed by atoms with van der Waals surface area (Å²) >= 11 is 8.39. The van der Waals surface area contributed by atoms with Crippen molar-refractivity contribution in [2.45, 2.75) is 16.9 Å². The Kier molecular flexibility index (Phi) is 6.57. The van der Waals surface area contributed by atoms with Gasteiger partial charge in [0.15, 0.2) is 11.5 Å². The Morgan fingerprint density at radius 2 is 1.60 bits per heavy atom. The average molecular weight is 441 g/mol. The summed E-state index contributed by atoms with van der Waals surface area (Å²) in [4.78, 5) is 0. The van der Waals surface area contributed by atoms with Gasteiger partial charge in [0.25, 0.3) is 0 Å². The molecule has 0 amide bonds. The number of hydrogen-bond acceptors (Lipinski definition) is 4. The van der Waals surface area contributed by atoms with Gasteiger partial charge in [0.2, 0.25) is 0 Å². The van der Waals surface area contributed by atoms with E-state index < -0.39 is 0 Å². The zero-order valence-electron chi connectivity index (χ0n) is 17.4. The molecule has 0 saturated heterocycles. The summed E-state index contributed by atoms with van der Waals surface area (Å²) in [5, 5.41) is 1.04. The van der Waals surface area contributed by atoms with Crippen LogP contribution in [-0.2, 0) is 4.74 Å². The summed E-state index contributed by atoms with van der Waals surface area (Å²) in [6.07, 6.45) is 0.919. The molecule has 4 rings (SSSR count). The summed E-state index contributed by atoms with van der Waals surface area (Å²) in [6, 6.07) is 20.9. The van der Waals surface area contributed by atoms with Gasteiger partial charge < -0.3 is 14.2 Å². The van der Waals surface area contributed by atoms with Crippen molar-refractivity contribution in [3.8, 4) is 22.6 Å². The van der Waals surface area contributed by atoms with E-state index in [0.717, 1.165) is 28.5 Å². The lowest BCUT2D eigenvalue weighted by atomic mass is 9.90. The highest BCUT2D eigenvalue weighted by atomic mass is 35.5. The highest BCUT2D eigenvalue weighted by Crippen LogP contribution is 2.56. The molecule has 0 aliphatic carbocycles. The third-order valence-corrected chi connectivity index (χ3v) is 7.33. The maximum atomic E-state index is 6.48. The molecule has 0 radical (unpaired) electrons. The van der Waals surface area contributed by atoms with Gasteiger partial charge in [-0.3, -0.25) is 0 Å². The van der Waals surface area contributed by atoms with E-state index in [1.54, 1.807) is 21.3 Å². The molecular formula is C25H25ClO3S. The molecule has 0 fully saturated rings. The van der Waals surface area contributed by atoms with Crippen LogP contribution >= 0.6 is 23.4 Å². The molecule has 156 valence electrons. The Labute approximate surface area is 187 Å². The van der Waals surface area contributed by atoms with E-state index in [2.05, 4.69) is 42.5 Å². The monoisotopic (exact) mass is 440 g/mol. The van der Waals surface area contributed by atoms with Crippen LogP contribution in [0.25, 0.3) is 11.1 Å². The number of methoxy groups -OCH3 is 3. The Balaban J connectivity index is 1.95. The zero-order chi connectivity index (χ0) is 21.1. The molecule has 5 heteroatoms. The van der Waals surface area contributed by atoms with Crippen molar-refractivity contribution < 1.29 is 14.2 Å². The number of rotatable bonds is 6. The van der Waals surface area contributed by atoms with Crippen molar-refractivity contribution in [1.82, 2.24) is 0 Å². The van der Waals surface area contributed by atoms with Gasteiger partial charge in [-0.2, -0.15) is 0 Å². The van der Waals surface area contributed by atoms with Crippen molar-refractivity contribution in [3.63, 3.8) is 0 Å². The molecule has 0 unspecified atom stereocenters. The first-order valence-electron chi connectivity index (χ1n) is 9.92. The minimum Gasteiger partial charge on any atom is -0.493 e. The molecule has 3 aromatic carbocycles. The molecule has 1 heterocycles. The van der Waals surface area contributed by atoms with Crippen LogP contribution in [0.3, 0.4) is 0 Å². The highest BCUT2D eigenvalue weighted by molar-refractivity contribution is 8.00. The number of hydrogen-bond donors (Lipinski definition) is 0. The summed E-state index contributed by atoms with van der Waals surface area (Å²) < 4.78 is 16.8. The van der Waals surface area contributed by atoms with Gasteiger partial charge in [0, 0.05) is 29.6 Å². The van der Waals surface area contributed by atoms with Gasteiger partial charge in [0.05, 0.1) is 19.5 Å². The van der Waals surface area contributed by atoms with Crippen molar-refractivity contribution in [1.29, 1.82) is 0 Å². The third-order valence-electron chi connectivity index (χ3n) is 5.49. The van der Waals surface area contributed by atoms with E-state index in [9.17, 15) is 0 Å². The van der Waals surface area contributed by atoms with Gasteiger partial charge in [-0.05, 0) is 46.9 Å². The summed E-state index contributed by atoms with van der Waals surface area (Å²) in [5.74, 6) is 1.49. The SMILES string of the molecule is COCC[C@H]1S[C@H](c2cccc(OC)c2OC)c2cc(Cl)ccc2-c2ccccc21. The largest absolute Gasteiger partial charge is 0.493 e. The van der Waals surface area contributed by atoms with Crippen molar-refractivity contribution in [2.75, 3.05) is 27.9 Å². The molecule has 3 nitrogen and oxygen atoms in total. The topological polar surface area (TPSA) is 27.7 Å². The van der Waals surface area contributed by atoms with Gasteiger partial charge in [0.1, 0.15) is 0 Å². The van der Waals surface area contributed by atoms with E-state index in [4.69, 9.17) is 25.8 Å². The molecule has 1 aliphatic rings. The summed E-state index contributed by atoms with van der Waals surface area (Å²) in [7, 11) is 5.12. The van der Waals surface area contributed by atoms with Crippen LogP contribution in [0.1, 0.15) is 33.6 Å². The normalized spacial score (nSPS) is 17.6. The van der Waals surface area contributed by atoms with Crippen LogP contribution < -0.4 is 9.47 Å². The Hall–Kier alpha value is -2.14. The van der Waals surface area contributed by atoms with Gasteiger partial charge in [-0.25, -0.2) is 0 Å². The quantitative estimate of drug-likeness (QED) is 0.415. The number of ether oxygens (including phenoxy) is 3. The zero-order valence-corrected chi connectivity index (χ0v) is 18.9. The predicted molar refractivity (Wildman–Crippen MR) is 125 cm³/mol. The van der Waals surface area contributed by atoms with Gasteiger partial charge >= 0.3 is 0 Å². The molecule has 0 aromatic heterocycles. The van der Waals surface area contributed by atoms with Crippen molar-refractivity contribution in [2.24, 2.45) is 0 Å². The molecule has 0 saturated carbocycles. The molecule has 0 N–H and O–H groups in total. The maximum Gasteiger partial charge on any atom is 0.165 e. The minimum atomic E-state index is 0.0398. The second-order valence-corrected chi connectivity index (χ2v) is 8.94. The maximum absolute atomic E-state index is 6.48. The summed E-state index contributed by atoms with van der Waals surface area (Å²) in [5.41, 5.74) is 6.05. The number of halogens is 1. The van der Waals surface area contributed by atoms with Crippen LogP contribution in [-0.4, -0.2) is 27.9 Å². The lowest BCUT2D eigenvalue weighted by Gasteiger charge is -2.25. The Bertz CT molecular complexity index is 1040. The molecular weight excluding hydrogens is 416 g/mol. The lowest BCUT2D eigenvalue weighted by molar-refractivity contribution is 0.194. The molecule has 30 heavy (non-hydrogen) atoms. The lowest BCUT2D eigenvalue weighted by Crippen LogP contribution is -2.05. The van der Waals surface area contributed by atoms with Gasteiger partial charge in [-0.15, -0.1) is 11.8 Å². The number of para-hydroxylation sites is 1. The van der Waals surface area contributed by atoms with E-state index in [1.165, 1.54) is 22.3 Å². The van der Waals surface area contributed by atoms with Crippen LogP contribution in [0, 0.1) is 0 Å². The van der Waals surface area contributed by atoms with E-state index in [1.807, 2.05) is 30.0 Å². The third kappa shape index (κ3) is 3.92. The fourth-order valence-electron chi connectivity index (χ4n) is 4.14. The average Bonchev–Trinajstić information content (AvgIpc) is 2.91. The second kappa shape index (κ2) is 9.34. The van der Waals surface area contributed by atoms with Crippen LogP contribution in [0.5, 0.6) is 11.5 Å². The highest BCUT2D eigenvalue weighted by Gasteiger charge is 2.32. The van der Waals surface area contributed by atoms with Gasteiger partial charge in [-0.1, -0.05) is 54.1 Å². The first-order chi connectivity index (χ1) is 14.7. The van der Waals surface area contributed by atoms with Crippen LogP contribution in [0.15, 0.2) is 60.7 Å². The number of benzene rings is 3. The first kappa shape index (κ1) is 21.1. The van der Waals surface area contributed by atoms with Crippen LogP contribution in [0.4, 0.5) is 0 Å². The Morgan fingerprint density at radius 3 is 2.37 bits per heavy atom. The molecule has 1 aliphatic heterocycles.